The number of fused-ring (bicyclic) bond motifs is 1. The lowest BCUT2D eigenvalue weighted by Gasteiger charge is -2.30. The molecule has 16 heavy (non-hydrogen) atoms. The van der Waals surface area contributed by atoms with Crippen molar-refractivity contribution in [3.8, 4) is 0 Å². The topological polar surface area (TPSA) is 29.3 Å². The molecule has 0 bridgehead atoms. The Morgan fingerprint density at radius 3 is 2.56 bits per heavy atom. The van der Waals surface area contributed by atoms with Crippen molar-refractivity contribution in [2.45, 2.75) is 52.0 Å². The Hall–Kier alpha value is -0.0800. The van der Waals surface area contributed by atoms with Gasteiger partial charge in [0, 0.05) is 25.7 Å². The number of likely N-dealkylation sites (tertiary alicyclic amines) is 1. The Morgan fingerprint density at radius 2 is 1.94 bits per heavy atom. The summed E-state index contributed by atoms with van der Waals surface area (Å²) >= 11 is 0. The van der Waals surface area contributed by atoms with Crippen molar-refractivity contribution < 1.29 is 0 Å². The fourth-order valence-corrected chi connectivity index (χ4v) is 3.67. The van der Waals surface area contributed by atoms with Crippen molar-refractivity contribution in [3.05, 3.63) is 0 Å². The van der Waals surface area contributed by atoms with Crippen molar-refractivity contribution in [3.63, 3.8) is 0 Å². The van der Waals surface area contributed by atoms with Crippen molar-refractivity contribution >= 4 is 0 Å². The molecule has 0 amide bonds. The Morgan fingerprint density at radius 1 is 1.19 bits per heavy atom. The number of rotatable bonds is 4. The lowest BCUT2D eigenvalue weighted by Crippen LogP contribution is -2.38. The largest absolute Gasteiger partial charge is 0.327 e. The van der Waals surface area contributed by atoms with Crippen LogP contribution in [-0.2, 0) is 0 Å². The highest BCUT2D eigenvalue weighted by Gasteiger charge is 2.38. The fourth-order valence-electron chi connectivity index (χ4n) is 3.67. The Balaban J connectivity index is 1.86. The first-order chi connectivity index (χ1) is 7.74. The van der Waals surface area contributed by atoms with Gasteiger partial charge in [0.1, 0.15) is 0 Å². The highest BCUT2D eigenvalue weighted by atomic mass is 15.2. The molecule has 2 aliphatic rings. The normalized spacial score (nSPS) is 35.6. The van der Waals surface area contributed by atoms with Crippen LogP contribution in [-0.4, -0.2) is 30.6 Å². The van der Waals surface area contributed by atoms with Gasteiger partial charge in [0.05, 0.1) is 0 Å². The van der Waals surface area contributed by atoms with Crippen molar-refractivity contribution in [1.82, 2.24) is 4.90 Å². The Bertz CT molecular complexity index is 213. The van der Waals surface area contributed by atoms with Gasteiger partial charge in [-0.1, -0.05) is 33.1 Å². The molecule has 0 aromatic heterocycles. The van der Waals surface area contributed by atoms with E-state index in [4.69, 9.17) is 5.73 Å². The molecule has 1 heterocycles. The van der Waals surface area contributed by atoms with Gasteiger partial charge in [-0.25, -0.2) is 0 Å². The predicted molar refractivity (Wildman–Crippen MR) is 69.3 cm³/mol. The van der Waals surface area contributed by atoms with Gasteiger partial charge in [-0.15, -0.1) is 0 Å². The molecule has 0 aromatic rings. The highest BCUT2D eigenvalue weighted by molar-refractivity contribution is 4.93. The summed E-state index contributed by atoms with van der Waals surface area (Å²) in [5.74, 6) is 2.62. The summed E-state index contributed by atoms with van der Waals surface area (Å²) in [7, 11) is 0. The van der Waals surface area contributed by atoms with Crippen LogP contribution in [0, 0.1) is 17.8 Å². The van der Waals surface area contributed by atoms with Crippen LogP contribution in [0.1, 0.15) is 46.0 Å². The molecule has 0 aromatic carbocycles. The Labute approximate surface area is 101 Å². The van der Waals surface area contributed by atoms with Crippen LogP contribution in [0.25, 0.3) is 0 Å². The predicted octanol–water partition coefficient (Wildman–Crippen LogP) is 2.48. The van der Waals surface area contributed by atoms with E-state index in [9.17, 15) is 0 Å². The molecule has 1 saturated carbocycles. The third kappa shape index (κ3) is 2.60. The molecular formula is C14H28N2. The van der Waals surface area contributed by atoms with Gasteiger partial charge < -0.3 is 10.6 Å². The van der Waals surface area contributed by atoms with Gasteiger partial charge >= 0.3 is 0 Å². The third-order valence-electron chi connectivity index (χ3n) is 4.90. The van der Waals surface area contributed by atoms with Crippen LogP contribution in [0.3, 0.4) is 0 Å². The zero-order valence-corrected chi connectivity index (χ0v) is 11.0. The van der Waals surface area contributed by atoms with Gasteiger partial charge in [-0.2, -0.15) is 0 Å². The van der Waals surface area contributed by atoms with E-state index in [0.717, 1.165) is 17.8 Å². The number of hydrogen-bond donors (Lipinski definition) is 1. The lowest BCUT2D eigenvalue weighted by molar-refractivity contribution is 0.251. The first-order valence-electron chi connectivity index (χ1n) is 7.22. The molecule has 2 fully saturated rings. The second-order valence-corrected chi connectivity index (χ2v) is 5.92. The maximum absolute atomic E-state index is 6.25. The maximum Gasteiger partial charge on any atom is 0.00825 e. The number of nitrogens with two attached hydrogens (primary N) is 1. The van der Waals surface area contributed by atoms with Gasteiger partial charge in [-0.05, 0) is 30.6 Å². The number of nitrogens with zero attached hydrogens (tertiary/aromatic N) is 1. The fraction of sp³-hybridized carbons (Fsp3) is 1.00. The van der Waals surface area contributed by atoms with Gasteiger partial charge in [-0.3, -0.25) is 0 Å². The third-order valence-corrected chi connectivity index (χ3v) is 4.90. The molecule has 0 radical (unpaired) electrons. The van der Waals surface area contributed by atoms with Crippen LogP contribution in [0.4, 0.5) is 0 Å². The molecule has 94 valence electrons. The zero-order chi connectivity index (χ0) is 11.5. The second kappa shape index (κ2) is 5.50. The molecule has 2 rings (SSSR count). The van der Waals surface area contributed by atoms with E-state index in [1.807, 2.05) is 0 Å². The molecule has 3 atom stereocenters. The van der Waals surface area contributed by atoms with E-state index in [0.29, 0.717) is 6.04 Å². The standard InChI is InChI=1S/C14H28N2/c1-3-11(4-2)8-16-9-12-6-5-7-14(15)13(12)10-16/h11-14H,3-10,15H2,1-2H3. The molecular weight excluding hydrogens is 196 g/mol. The summed E-state index contributed by atoms with van der Waals surface area (Å²) in [4.78, 5) is 2.69. The van der Waals surface area contributed by atoms with Crippen molar-refractivity contribution in [2.75, 3.05) is 19.6 Å². The van der Waals surface area contributed by atoms with E-state index >= 15 is 0 Å². The summed E-state index contributed by atoms with van der Waals surface area (Å²) < 4.78 is 0. The minimum absolute atomic E-state index is 0.491. The molecule has 1 aliphatic carbocycles. The molecule has 1 saturated heterocycles. The molecule has 2 N–H and O–H groups in total. The van der Waals surface area contributed by atoms with Crippen LogP contribution >= 0.6 is 0 Å². The monoisotopic (exact) mass is 224 g/mol. The second-order valence-electron chi connectivity index (χ2n) is 5.92. The molecule has 3 unspecified atom stereocenters. The van der Waals surface area contributed by atoms with E-state index in [1.54, 1.807) is 0 Å². The van der Waals surface area contributed by atoms with Gasteiger partial charge in [0.25, 0.3) is 0 Å². The maximum atomic E-state index is 6.25. The summed E-state index contributed by atoms with van der Waals surface area (Å²) in [5, 5.41) is 0. The first-order valence-corrected chi connectivity index (χ1v) is 7.22. The summed E-state index contributed by atoms with van der Waals surface area (Å²) in [6, 6.07) is 0.491. The summed E-state index contributed by atoms with van der Waals surface area (Å²) in [6.45, 7) is 8.57. The van der Waals surface area contributed by atoms with Crippen molar-refractivity contribution in [1.29, 1.82) is 0 Å². The Kier molecular flexibility index (Phi) is 4.26. The van der Waals surface area contributed by atoms with Crippen LogP contribution in [0.15, 0.2) is 0 Å². The minimum atomic E-state index is 0.491. The quantitative estimate of drug-likeness (QED) is 0.795. The molecule has 0 spiro atoms. The molecule has 2 heteroatoms. The van der Waals surface area contributed by atoms with Gasteiger partial charge in [0.15, 0.2) is 0 Å². The average Bonchev–Trinajstić information content (AvgIpc) is 2.70. The van der Waals surface area contributed by atoms with E-state index in [2.05, 4.69) is 18.7 Å². The average molecular weight is 224 g/mol. The van der Waals surface area contributed by atoms with Crippen LogP contribution in [0.2, 0.25) is 0 Å². The summed E-state index contributed by atoms with van der Waals surface area (Å²) in [5.41, 5.74) is 6.25. The molecule has 2 nitrogen and oxygen atoms in total. The van der Waals surface area contributed by atoms with E-state index in [1.165, 1.54) is 51.7 Å². The number of hydrogen-bond acceptors (Lipinski definition) is 2. The van der Waals surface area contributed by atoms with Crippen LogP contribution < -0.4 is 5.73 Å². The zero-order valence-electron chi connectivity index (χ0n) is 11.0. The summed E-state index contributed by atoms with van der Waals surface area (Å²) in [6.07, 6.45) is 6.71. The minimum Gasteiger partial charge on any atom is -0.327 e. The SMILES string of the molecule is CCC(CC)CN1CC2CCCC(N)C2C1. The lowest BCUT2D eigenvalue weighted by atomic mass is 9.78. The highest BCUT2D eigenvalue weighted by Crippen LogP contribution is 2.35. The van der Waals surface area contributed by atoms with Crippen LogP contribution in [0.5, 0.6) is 0 Å². The molecule has 1 aliphatic heterocycles. The van der Waals surface area contributed by atoms with E-state index < -0.39 is 0 Å². The van der Waals surface area contributed by atoms with Gasteiger partial charge in [0.2, 0.25) is 0 Å². The van der Waals surface area contributed by atoms with E-state index in [-0.39, 0.29) is 0 Å². The smallest absolute Gasteiger partial charge is 0.00825 e. The van der Waals surface area contributed by atoms with Crippen molar-refractivity contribution in [2.24, 2.45) is 23.5 Å². The first kappa shape index (κ1) is 12.4.